The Morgan fingerprint density at radius 1 is 1.04 bits per heavy atom. The molecule has 4 aromatic rings. The highest BCUT2D eigenvalue weighted by atomic mass is 35.5. The topological polar surface area (TPSA) is 71.8 Å². The van der Waals surface area contributed by atoms with E-state index in [1.165, 1.54) is 6.07 Å². The lowest BCUT2D eigenvalue weighted by Crippen LogP contribution is -2.02. The third-order valence-corrected chi connectivity index (χ3v) is 3.84. The van der Waals surface area contributed by atoms with Gasteiger partial charge in [0.15, 0.2) is 5.43 Å². The summed E-state index contributed by atoms with van der Waals surface area (Å²) in [5.41, 5.74) is 1.76. The number of aromatic amines is 1. The van der Waals surface area contributed by atoms with E-state index in [0.29, 0.717) is 33.0 Å². The number of pyridine rings is 1. The van der Waals surface area contributed by atoms with Gasteiger partial charge in [-0.15, -0.1) is 0 Å². The Labute approximate surface area is 135 Å². The van der Waals surface area contributed by atoms with Crippen molar-refractivity contribution in [3.63, 3.8) is 0 Å². The summed E-state index contributed by atoms with van der Waals surface area (Å²) in [6, 6.07) is 15.9. The average Bonchev–Trinajstić information content (AvgIpc) is 3.05. The average molecular weight is 324 g/mol. The van der Waals surface area contributed by atoms with Crippen molar-refractivity contribution in [2.75, 3.05) is 0 Å². The summed E-state index contributed by atoms with van der Waals surface area (Å²) in [5, 5.41) is 5.09. The van der Waals surface area contributed by atoms with Gasteiger partial charge in [-0.05, 0) is 24.3 Å². The second kappa shape index (κ2) is 5.37. The Balaban J connectivity index is 1.84. The molecule has 0 aliphatic heterocycles. The summed E-state index contributed by atoms with van der Waals surface area (Å²) in [5.74, 6) is 0.613. The van der Waals surface area contributed by atoms with Crippen molar-refractivity contribution in [2.24, 2.45) is 0 Å². The molecule has 2 heterocycles. The van der Waals surface area contributed by atoms with Gasteiger partial charge >= 0.3 is 0 Å². The fraction of sp³-hybridized carbons (Fsp3) is 0. The van der Waals surface area contributed by atoms with Crippen LogP contribution in [0.25, 0.3) is 33.9 Å². The maximum absolute atomic E-state index is 12.2. The molecule has 2 aromatic heterocycles. The molecule has 0 saturated heterocycles. The smallest absolute Gasteiger partial charge is 0.274 e. The number of fused-ring (bicyclic) bond motifs is 1. The molecule has 0 bridgehead atoms. The van der Waals surface area contributed by atoms with Crippen LogP contribution in [0.2, 0.25) is 5.02 Å². The van der Waals surface area contributed by atoms with Crippen molar-refractivity contribution in [1.29, 1.82) is 0 Å². The fourth-order valence-electron chi connectivity index (χ4n) is 2.40. The molecule has 6 heteroatoms. The van der Waals surface area contributed by atoms with Crippen molar-refractivity contribution >= 4 is 22.5 Å². The molecule has 1 N–H and O–H groups in total. The number of nitrogens with zero attached hydrogens (tertiary/aromatic N) is 2. The summed E-state index contributed by atoms with van der Waals surface area (Å²) in [6.45, 7) is 0. The molecule has 0 unspecified atom stereocenters. The fourth-order valence-corrected chi connectivity index (χ4v) is 2.62. The first-order valence-corrected chi connectivity index (χ1v) is 7.31. The molecule has 2 aromatic carbocycles. The highest BCUT2D eigenvalue weighted by Crippen LogP contribution is 2.27. The molecule has 0 spiro atoms. The molecule has 0 aliphatic rings. The molecule has 5 nitrogen and oxygen atoms in total. The second-order valence-electron chi connectivity index (χ2n) is 5.00. The van der Waals surface area contributed by atoms with E-state index in [1.807, 2.05) is 30.3 Å². The van der Waals surface area contributed by atoms with Gasteiger partial charge in [-0.3, -0.25) is 4.79 Å². The van der Waals surface area contributed by atoms with Crippen LogP contribution in [0.15, 0.2) is 63.9 Å². The maximum Gasteiger partial charge on any atom is 0.274 e. The van der Waals surface area contributed by atoms with E-state index in [1.54, 1.807) is 18.2 Å². The van der Waals surface area contributed by atoms with Gasteiger partial charge in [0.2, 0.25) is 5.82 Å². The Bertz CT molecular complexity index is 1070. The predicted molar refractivity (Wildman–Crippen MR) is 88.3 cm³/mol. The Morgan fingerprint density at radius 3 is 2.70 bits per heavy atom. The van der Waals surface area contributed by atoms with Crippen molar-refractivity contribution in [2.45, 2.75) is 0 Å². The van der Waals surface area contributed by atoms with Gasteiger partial charge in [-0.25, -0.2) is 0 Å². The third-order valence-electron chi connectivity index (χ3n) is 3.51. The lowest BCUT2D eigenvalue weighted by molar-refractivity contribution is 0.431. The Morgan fingerprint density at radius 2 is 1.83 bits per heavy atom. The van der Waals surface area contributed by atoms with Crippen LogP contribution in [0.5, 0.6) is 0 Å². The van der Waals surface area contributed by atoms with Crippen LogP contribution in [0, 0.1) is 0 Å². The molecule has 0 aliphatic carbocycles. The van der Waals surface area contributed by atoms with Crippen LogP contribution in [-0.4, -0.2) is 15.1 Å². The Hall–Kier alpha value is -2.92. The van der Waals surface area contributed by atoms with Crippen LogP contribution in [0.1, 0.15) is 0 Å². The monoisotopic (exact) mass is 323 g/mol. The standard InChI is InChI=1S/C17H10ClN3O2/c18-12-7-3-1-5-10(12)16-20-17(23-21-16)14-9-15(22)11-6-2-4-8-13(11)19-14/h1-9H,(H,19,22). The van der Waals surface area contributed by atoms with E-state index in [9.17, 15) is 4.79 Å². The van der Waals surface area contributed by atoms with Crippen LogP contribution in [0.3, 0.4) is 0 Å². The predicted octanol–water partition coefficient (Wildman–Crippen LogP) is 3.90. The zero-order valence-electron chi connectivity index (χ0n) is 11.8. The van der Waals surface area contributed by atoms with Crippen LogP contribution in [-0.2, 0) is 0 Å². The molecule has 4 rings (SSSR count). The zero-order chi connectivity index (χ0) is 15.8. The van der Waals surface area contributed by atoms with Crippen LogP contribution in [0.4, 0.5) is 0 Å². The largest absolute Gasteiger partial charge is 0.350 e. The number of aromatic nitrogens is 3. The van der Waals surface area contributed by atoms with Crippen molar-refractivity contribution < 1.29 is 4.52 Å². The number of benzene rings is 2. The van der Waals surface area contributed by atoms with E-state index in [0.717, 1.165) is 0 Å². The summed E-state index contributed by atoms with van der Waals surface area (Å²) >= 11 is 6.14. The molecule has 0 saturated carbocycles. The van der Waals surface area contributed by atoms with Gasteiger partial charge in [-0.2, -0.15) is 4.98 Å². The summed E-state index contributed by atoms with van der Waals surface area (Å²) in [6.07, 6.45) is 0. The van der Waals surface area contributed by atoms with Gasteiger partial charge in [-0.1, -0.05) is 41.0 Å². The number of H-pyrrole nitrogens is 1. The van der Waals surface area contributed by atoms with Gasteiger partial charge in [0.05, 0.1) is 5.02 Å². The van der Waals surface area contributed by atoms with Crippen LogP contribution >= 0.6 is 11.6 Å². The molecule has 0 atom stereocenters. The maximum atomic E-state index is 12.2. The van der Waals surface area contributed by atoms with E-state index in [2.05, 4.69) is 15.1 Å². The third kappa shape index (κ3) is 2.41. The van der Waals surface area contributed by atoms with Crippen LogP contribution < -0.4 is 5.43 Å². The van der Waals surface area contributed by atoms with E-state index in [4.69, 9.17) is 16.1 Å². The summed E-state index contributed by atoms with van der Waals surface area (Å²) in [7, 11) is 0. The molecular weight excluding hydrogens is 314 g/mol. The first-order chi connectivity index (χ1) is 11.2. The first-order valence-electron chi connectivity index (χ1n) is 6.93. The number of rotatable bonds is 2. The van der Waals surface area contributed by atoms with Gasteiger partial charge in [0, 0.05) is 22.5 Å². The first kappa shape index (κ1) is 13.7. The SMILES string of the molecule is O=c1cc(-c2nc(-c3ccccc3Cl)no2)[nH]c2ccccc12. The molecule has 23 heavy (non-hydrogen) atoms. The molecule has 0 radical (unpaired) electrons. The van der Waals surface area contributed by atoms with Crippen molar-refractivity contribution in [3.8, 4) is 23.0 Å². The number of hydrogen-bond acceptors (Lipinski definition) is 4. The highest BCUT2D eigenvalue weighted by molar-refractivity contribution is 6.33. The molecule has 112 valence electrons. The molecular formula is C17H10ClN3O2. The summed E-state index contributed by atoms with van der Waals surface area (Å²) < 4.78 is 5.27. The number of halogens is 1. The van der Waals surface area contributed by atoms with E-state index in [-0.39, 0.29) is 11.3 Å². The minimum Gasteiger partial charge on any atom is -0.350 e. The minimum absolute atomic E-state index is 0.105. The highest BCUT2D eigenvalue weighted by Gasteiger charge is 2.14. The normalized spacial score (nSPS) is 11.0. The van der Waals surface area contributed by atoms with E-state index < -0.39 is 0 Å². The van der Waals surface area contributed by atoms with Gasteiger partial charge < -0.3 is 9.51 Å². The molecule has 0 amide bonds. The minimum atomic E-state index is -0.105. The number of nitrogens with one attached hydrogen (secondary N) is 1. The Kier molecular flexibility index (Phi) is 3.20. The van der Waals surface area contributed by atoms with E-state index >= 15 is 0 Å². The zero-order valence-corrected chi connectivity index (χ0v) is 12.5. The van der Waals surface area contributed by atoms with Gasteiger partial charge in [0.1, 0.15) is 5.69 Å². The molecule has 0 fully saturated rings. The van der Waals surface area contributed by atoms with Gasteiger partial charge in [0.25, 0.3) is 5.89 Å². The number of para-hydroxylation sites is 1. The second-order valence-corrected chi connectivity index (χ2v) is 5.40. The quantitative estimate of drug-likeness (QED) is 0.607. The van der Waals surface area contributed by atoms with Crippen molar-refractivity contribution in [1.82, 2.24) is 15.1 Å². The summed E-state index contributed by atoms with van der Waals surface area (Å²) in [4.78, 5) is 19.6. The van der Waals surface area contributed by atoms with Crippen molar-refractivity contribution in [3.05, 3.63) is 69.8 Å². The lowest BCUT2D eigenvalue weighted by Gasteiger charge is -1.99. The lowest BCUT2D eigenvalue weighted by atomic mass is 10.2. The number of hydrogen-bond donors (Lipinski definition) is 1.